The molecular weight excluding hydrogens is 184 g/mol. The monoisotopic (exact) mass is 208 g/mol. The third-order valence-electron chi connectivity index (χ3n) is 4.98. The Morgan fingerprint density at radius 3 is 2.00 bits per heavy atom. The van der Waals surface area contributed by atoms with Crippen LogP contribution >= 0.6 is 0 Å². The van der Waals surface area contributed by atoms with Gasteiger partial charge in [0.15, 0.2) is 0 Å². The summed E-state index contributed by atoms with van der Waals surface area (Å²) in [5.41, 5.74) is 0.182. The molecular formula is C13H24Si. The van der Waals surface area contributed by atoms with E-state index in [1.165, 1.54) is 18.9 Å². The number of rotatable bonds is 2. The molecule has 1 heterocycles. The van der Waals surface area contributed by atoms with E-state index in [9.17, 15) is 0 Å². The highest BCUT2D eigenvalue weighted by Crippen LogP contribution is 2.61. The van der Waals surface area contributed by atoms with E-state index in [1.54, 1.807) is 0 Å². The van der Waals surface area contributed by atoms with E-state index in [-0.39, 0.29) is 5.41 Å². The second-order valence-corrected chi connectivity index (χ2v) is 11.3. The van der Waals surface area contributed by atoms with Crippen molar-refractivity contribution in [1.82, 2.24) is 0 Å². The average molecular weight is 208 g/mol. The van der Waals surface area contributed by atoms with Crippen LogP contribution in [-0.4, -0.2) is 8.07 Å². The molecule has 0 aromatic heterocycles. The Hall–Kier alpha value is -0.303. The molecule has 80 valence electrons. The van der Waals surface area contributed by atoms with E-state index in [1.807, 2.05) is 0 Å². The third kappa shape index (κ3) is 1.33. The molecule has 0 unspecified atom stereocenters. The first kappa shape index (κ1) is 11.8. The summed E-state index contributed by atoms with van der Waals surface area (Å²) in [6.07, 6.45) is 6.88. The molecule has 1 rings (SSSR count). The maximum Gasteiger partial charge on any atom is 0.0544 e. The Balaban J connectivity index is 3.20. The highest BCUT2D eigenvalue weighted by molar-refractivity contribution is 6.80. The third-order valence-corrected chi connectivity index (χ3v) is 10.4. The van der Waals surface area contributed by atoms with Gasteiger partial charge in [0.25, 0.3) is 0 Å². The predicted molar refractivity (Wildman–Crippen MR) is 68.4 cm³/mol. The Labute approximate surface area is 90.1 Å². The van der Waals surface area contributed by atoms with Gasteiger partial charge in [0.2, 0.25) is 0 Å². The molecule has 0 aliphatic carbocycles. The zero-order valence-electron chi connectivity index (χ0n) is 10.2. The summed E-state index contributed by atoms with van der Waals surface area (Å²) in [6, 6.07) is 1.45. The maximum absolute atomic E-state index is 4.04. The van der Waals surface area contributed by atoms with Crippen LogP contribution in [0.5, 0.6) is 0 Å². The Morgan fingerprint density at radius 1 is 1.14 bits per heavy atom. The van der Waals surface area contributed by atoms with Crippen molar-refractivity contribution < 1.29 is 0 Å². The second-order valence-electron chi connectivity index (χ2n) is 5.81. The van der Waals surface area contributed by atoms with Crippen molar-refractivity contribution in [3.63, 3.8) is 0 Å². The van der Waals surface area contributed by atoms with Gasteiger partial charge in [-0.2, -0.15) is 0 Å². The minimum Gasteiger partial charge on any atom is -0.102 e. The van der Waals surface area contributed by atoms with Gasteiger partial charge in [-0.1, -0.05) is 51.6 Å². The van der Waals surface area contributed by atoms with Crippen LogP contribution in [0.15, 0.2) is 25.3 Å². The first-order valence-electron chi connectivity index (χ1n) is 5.60. The van der Waals surface area contributed by atoms with E-state index in [0.29, 0.717) is 5.04 Å². The van der Waals surface area contributed by atoms with Crippen LogP contribution < -0.4 is 0 Å². The van der Waals surface area contributed by atoms with Gasteiger partial charge >= 0.3 is 0 Å². The number of hydrogen-bond acceptors (Lipinski definition) is 0. The van der Waals surface area contributed by atoms with Gasteiger partial charge in [-0.05, 0) is 11.5 Å². The van der Waals surface area contributed by atoms with Gasteiger partial charge in [-0.15, -0.1) is 13.2 Å². The SMILES string of the molecule is C=CC1(C=C)CCC[Si](C)(C)C1(C)C. The quantitative estimate of drug-likeness (QED) is 0.458. The maximum atomic E-state index is 4.04. The zero-order valence-corrected chi connectivity index (χ0v) is 11.2. The van der Waals surface area contributed by atoms with Crippen molar-refractivity contribution >= 4 is 8.07 Å². The van der Waals surface area contributed by atoms with Gasteiger partial charge in [0.05, 0.1) is 8.07 Å². The molecule has 0 aromatic rings. The second kappa shape index (κ2) is 3.37. The Bertz CT molecular complexity index is 240. The molecule has 0 bridgehead atoms. The van der Waals surface area contributed by atoms with Crippen LogP contribution in [0.1, 0.15) is 26.7 Å². The lowest BCUT2D eigenvalue weighted by Gasteiger charge is -2.55. The summed E-state index contributed by atoms with van der Waals surface area (Å²) in [6.45, 7) is 17.9. The van der Waals surface area contributed by atoms with E-state index >= 15 is 0 Å². The summed E-state index contributed by atoms with van der Waals surface area (Å²) in [5.74, 6) is 0. The molecule has 14 heavy (non-hydrogen) atoms. The lowest BCUT2D eigenvalue weighted by Crippen LogP contribution is -2.51. The molecule has 0 aromatic carbocycles. The smallest absolute Gasteiger partial charge is 0.0544 e. The molecule has 0 spiro atoms. The summed E-state index contributed by atoms with van der Waals surface area (Å²) in [5, 5.41) is 0.391. The van der Waals surface area contributed by atoms with Crippen LogP contribution in [-0.2, 0) is 0 Å². The first-order valence-corrected chi connectivity index (χ1v) is 8.81. The van der Waals surface area contributed by atoms with Crippen molar-refractivity contribution in [3.05, 3.63) is 25.3 Å². The average Bonchev–Trinajstić information content (AvgIpc) is 2.10. The van der Waals surface area contributed by atoms with Crippen LogP contribution in [0, 0.1) is 5.41 Å². The van der Waals surface area contributed by atoms with Crippen molar-refractivity contribution in [2.45, 2.75) is 50.9 Å². The topological polar surface area (TPSA) is 0 Å². The van der Waals surface area contributed by atoms with Crippen molar-refractivity contribution in [2.75, 3.05) is 0 Å². The van der Waals surface area contributed by atoms with Crippen molar-refractivity contribution in [1.29, 1.82) is 0 Å². The molecule has 1 aliphatic rings. The summed E-state index contributed by atoms with van der Waals surface area (Å²) < 4.78 is 0. The molecule has 1 aliphatic heterocycles. The molecule has 0 N–H and O–H groups in total. The van der Waals surface area contributed by atoms with E-state index in [0.717, 1.165) is 0 Å². The minimum atomic E-state index is -1.14. The summed E-state index contributed by atoms with van der Waals surface area (Å²) >= 11 is 0. The van der Waals surface area contributed by atoms with Gasteiger partial charge in [-0.3, -0.25) is 0 Å². The predicted octanol–water partition coefficient (Wildman–Crippen LogP) is 4.63. The Kier molecular flexibility index (Phi) is 2.83. The fourth-order valence-electron chi connectivity index (χ4n) is 2.88. The van der Waals surface area contributed by atoms with Crippen molar-refractivity contribution in [3.8, 4) is 0 Å². The van der Waals surface area contributed by atoms with E-state index < -0.39 is 8.07 Å². The van der Waals surface area contributed by atoms with Crippen LogP contribution in [0.3, 0.4) is 0 Å². The Morgan fingerprint density at radius 2 is 1.64 bits per heavy atom. The van der Waals surface area contributed by atoms with Crippen molar-refractivity contribution in [2.24, 2.45) is 5.41 Å². The fourth-order valence-corrected chi connectivity index (χ4v) is 6.15. The highest BCUT2D eigenvalue weighted by atomic mass is 28.3. The van der Waals surface area contributed by atoms with Gasteiger partial charge in [-0.25, -0.2) is 0 Å². The molecule has 1 heteroatoms. The normalized spacial score (nSPS) is 28.0. The van der Waals surface area contributed by atoms with Gasteiger partial charge < -0.3 is 0 Å². The largest absolute Gasteiger partial charge is 0.102 e. The molecule has 0 nitrogen and oxygen atoms in total. The lowest BCUT2D eigenvalue weighted by molar-refractivity contribution is 0.302. The van der Waals surface area contributed by atoms with Gasteiger partial charge in [0, 0.05) is 5.41 Å². The zero-order chi connectivity index (χ0) is 11.0. The molecule has 0 radical (unpaired) electrons. The standard InChI is InChI=1S/C13H24Si/c1-7-13(8-2)10-9-11-14(5,6)12(13,3)4/h7-8H,1-2,9-11H2,3-6H3. The van der Waals surface area contributed by atoms with Crippen LogP contribution in [0.4, 0.5) is 0 Å². The van der Waals surface area contributed by atoms with E-state index in [2.05, 4.69) is 52.3 Å². The molecule has 1 fully saturated rings. The van der Waals surface area contributed by atoms with Crippen LogP contribution in [0.2, 0.25) is 24.2 Å². The number of allylic oxidation sites excluding steroid dienone is 2. The van der Waals surface area contributed by atoms with E-state index in [4.69, 9.17) is 0 Å². The first-order chi connectivity index (χ1) is 6.33. The molecule has 0 saturated carbocycles. The minimum absolute atomic E-state index is 0.182. The lowest BCUT2D eigenvalue weighted by atomic mass is 9.72. The number of hydrogen-bond donors (Lipinski definition) is 0. The summed E-state index contributed by atoms with van der Waals surface area (Å²) in [4.78, 5) is 0. The molecule has 0 atom stereocenters. The fraction of sp³-hybridized carbons (Fsp3) is 0.692. The van der Waals surface area contributed by atoms with Crippen LogP contribution in [0.25, 0.3) is 0 Å². The van der Waals surface area contributed by atoms with Gasteiger partial charge in [0.1, 0.15) is 0 Å². The molecule has 1 saturated heterocycles. The summed E-state index contributed by atoms with van der Waals surface area (Å²) in [7, 11) is -1.14. The highest BCUT2D eigenvalue weighted by Gasteiger charge is 2.53. The molecule has 0 amide bonds.